The maximum absolute atomic E-state index is 13.1. The van der Waals surface area contributed by atoms with Gasteiger partial charge in [0.15, 0.2) is 0 Å². The quantitative estimate of drug-likeness (QED) is 0.864. The van der Waals surface area contributed by atoms with E-state index in [0.29, 0.717) is 5.25 Å². The first-order valence-corrected chi connectivity index (χ1v) is 6.69. The number of hydrogen-bond acceptors (Lipinski definition) is 2. The van der Waals surface area contributed by atoms with Crippen LogP contribution in [0.25, 0.3) is 0 Å². The molecule has 0 saturated heterocycles. The summed E-state index contributed by atoms with van der Waals surface area (Å²) in [4.78, 5) is 1.03. The van der Waals surface area contributed by atoms with Crippen LogP contribution in [0, 0.1) is 5.82 Å². The summed E-state index contributed by atoms with van der Waals surface area (Å²) < 4.78 is 13.1. The highest BCUT2D eigenvalue weighted by Gasteiger charge is 2.19. The van der Waals surface area contributed by atoms with E-state index in [1.165, 1.54) is 37.8 Å². The largest absolute Gasteiger partial charge is 0.389 e. The highest BCUT2D eigenvalue weighted by molar-refractivity contribution is 8.00. The van der Waals surface area contributed by atoms with Crippen molar-refractivity contribution in [3.63, 3.8) is 0 Å². The van der Waals surface area contributed by atoms with Gasteiger partial charge < -0.3 is 5.11 Å². The van der Waals surface area contributed by atoms with E-state index in [2.05, 4.69) is 0 Å². The van der Waals surface area contributed by atoms with Gasteiger partial charge >= 0.3 is 0 Å². The third-order valence-electron chi connectivity index (χ3n) is 3.02. The summed E-state index contributed by atoms with van der Waals surface area (Å²) in [7, 11) is 0. The predicted octanol–water partition coefficient (Wildman–Crippen LogP) is 3.91. The van der Waals surface area contributed by atoms with Crippen molar-refractivity contribution in [2.75, 3.05) is 0 Å². The van der Waals surface area contributed by atoms with Gasteiger partial charge in [-0.25, -0.2) is 4.39 Å². The number of rotatable bonds is 3. The zero-order chi connectivity index (χ0) is 11.5. The van der Waals surface area contributed by atoms with Crippen LogP contribution in [0.15, 0.2) is 23.1 Å². The molecule has 1 atom stereocenters. The van der Waals surface area contributed by atoms with Gasteiger partial charge in [-0.3, -0.25) is 0 Å². The van der Waals surface area contributed by atoms with Crippen molar-refractivity contribution in [2.24, 2.45) is 0 Å². The monoisotopic (exact) mass is 240 g/mol. The van der Waals surface area contributed by atoms with E-state index in [1.807, 2.05) is 0 Å². The Morgan fingerprint density at radius 2 is 2.06 bits per heavy atom. The maximum atomic E-state index is 13.1. The zero-order valence-electron chi connectivity index (χ0n) is 9.45. The van der Waals surface area contributed by atoms with Gasteiger partial charge in [-0.1, -0.05) is 12.8 Å². The van der Waals surface area contributed by atoms with Crippen LogP contribution in [0.1, 0.15) is 44.3 Å². The van der Waals surface area contributed by atoms with Crippen molar-refractivity contribution >= 4 is 11.8 Å². The van der Waals surface area contributed by atoms with Crippen molar-refractivity contribution in [3.05, 3.63) is 29.6 Å². The molecule has 0 spiro atoms. The van der Waals surface area contributed by atoms with Gasteiger partial charge in [-0.15, -0.1) is 11.8 Å². The molecule has 1 aliphatic carbocycles. The molecule has 0 bridgehead atoms. The lowest BCUT2D eigenvalue weighted by Gasteiger charge is -2.15. The fourth-order valence-electron chi connectivity index (χ4n) is 2.14. The number of aliphatic hydroxyl groups excluding tert-OH is 1. The molecule has 16 heavy (non-hydrogen) atoms. The molecule has 0 aromatic heterocycles. The second-order valence-corrected chi connectivity index (χ2v) is 5.72. The van der Waals surface area contributed by atoms with Crippen LogP contribution in [-0.2, 0) is 0 Å². The first kappa shape index (κ1) is 11.9. The predicted molar refractivity (Wildman–Crippen MR) is 65.1 cm³/mol. The number of aliphatic hydroxyl groups is 1. The molecule has 0 amide bonds. The van der Waals surface area contributed by atoms with Crippen LogP contribution in [-0.4, -0.2) is 10.4 Å². The molecule has 1 nitrogen and oxygen atoms in total. The Hall–Kier alpha value is -0.540. The Kier molecular flexibility index (Phi) is 3.87. The lowest BCUT2D eigenvalue weighted by atomic mass is 10.1. The van der Waals surface area contributed by atoms with E-state index >= 15 is 0 Å². The first-order chi connectivity index (χ1) is 7.66. The normalized spacial score (nSPS) is 18.9. The molecule has 2 rings (SSSR count). The Labute approximate surface area is 100 Å². The number of halogens is 1. The molecule has 0 radical (unpaired) electrons. The lowest BCUT2D eigenvalue weighted by Crippen LogP contribution is -1.99. The zero-order valence-corrected chi connectivity index (χ0v) is 10.3. The molecular formula is C13H17FOS. The van der Waals surface area contributed by atoms with Gasteiger partial charge in [0.05, 0.1) is 6.10 Å². The van der Waals surface area contributed by atoms with E-state index in [1.54, 1.807) is 24.8 Å². The second-order valence-electron chi connectivity index (χ2n) is 4.38. The highest BCUT2D eigenvalue weighted by atomic mass is 32.2. The summed E-state index contributed by atoms with van der Waals surface area (Å²) in [6, 6.07) is 4.71. The molecule has 1 N–H and O–H groups in total. The maximum Gasteiger partial charge on any atom is 0.123 e. The van der Waals surface area contributed by atoms with Crippen LogP contribution in [0.3, 0.4) is 0 Å². The molecule has 1 saturated carbocycles. The third-order valence-corrected chi connectivity index (χ3v) is 4.45. The first-order valence-electron chi connectivity index (χ1n) is 5.81. The molecular weight excluding hydrogens is 223 g/mol. The van der Waals surface area contributed by atoms with E-state index < -0.39 is 6.10 Å². The average molecular weight is 240 g/mol. The van der Waals surface area contributed by atoms with Gasteiger partial charge in [0.2, 0.25) is 0 Å². The number of benzene rings is 1. The van der Waals surface area contributed by atoms with E-state index in [4.69, 9.17) is 0 Å². The minimum Gasteiger partial charge on any atom is -0.389 e. The smallest absolute Gasteiger partial charge is 0.123 e. The van der Waals surface area contributed by atoms with Crippen molar-refractivity contribution in [3.8, 4) is 0 Å². The molecule has 1 aliphatic rings. The van der Waals surface area contributed by atoms with E-state index in [0.717, 1.165) is 10.5 Å². The number of thioether (sulfide) groups is 1. The summed E-state index contributed by atoms with van der Waals surface area (Å²) in [6.45, 7) is 1.69. The van der Waals surface area contributed by atoms with Gasteiger partial charge in [0.25, 0.3) is 0 Å². The SMILES string of the molecule is C[C@@H](O)c1cc(F)ccc1SC1CCCC1. The van der Waals surface area contributed by atoms with Crippen LogP contribution in [0.2, 0.25) is 0 Å². The third kappa shape index (κ3) is 2.77. The fourth-order valence-corrected chi connectivity index (χ4v) is 3.58. The Morgan fingerprint density at radius 3 is 2.69 bits per heavy atom. The molecule has 3 heteroatoms. The molecule has 1 aromatic carbocycles. The molecule has 1 aromatic rings. The summed E-state index contributed by atoms with van der Waals surface area (Å²) in [5.41, 5.74) is 0.719. The Bertz CT molecular complexity index is 359. The van der Waals surface area contributed by atoms with Crippen molar-refractivity contribution < 1.29 is 9.50 Å². The van der Waals surface area contributed by atoms with Gasteiger partial charge in [-0.05, 0) is 43.5 Å². The topological polar surface area (TPSA) is 20.2 Å². The van der Waals surface area contributed by atoms with Crippen LogP contribution < -0.4 is 0 Å². The van der Waals surface area contributed by atoms with Crippen LogP contribution >= 0.6 is 11.8 Å². The second kappa shape index (κ2) is 5.19. The fraction of sp³-hybridized carbons (Fsp3) is 0.538. The number of hydrogen-bond donors (Lipinski definition) is 1. The van der Waals surface area contributed by atoms with Gasteiger partial charge in [0, 0.05) is 10.1 Å². The summed E-state index contributed by atoms with van der Waals surface area (Å²) in [5.74, 6) is -0.272. The average Bonchev–Trinajstić information content (AvgIpc) is 2.73. The summed E-state index contributed by atoms with van der Waals surface area (Å²) in [5, 5.41) is 10.3. The summed E-state index contributed by atoms with van der Waals surface area (Å²) in [6.07, 6.45) is 4.47. The van der Waals surface area contributed by atoms with Crippen LogP contribution in [0.5, 0.6) is 0 Å². The molecule has 0 unspecified atom stereocenters. The van der Waals surface area contributed by atoms with Crippen molar-refractivity contribution in [1.82, 2.24) is 0 Å². The lowest BCUT2D eigenvalue weighted by molar-refractivity contribution is 0.196. The van der Waals surface area contributed by atoms with Crippen molar-refractivity contribution in [2.45, 2.75) is 48.9 Å². The standard InChI is InChI=1S/C13H17FOS/c1-9(15)12-8-10(14)6-7-13(12)16-11-4-2-3-5-11/h6-9,11,15H,2-5H2,1H3/t9-/m1/s1. The molecule has 0 heterocycles. The van der Waals surface area contributed by atoms with Crippen LogP contribution in [0.4, 0.5) is 4.39 Å². The summed E-state index contributed by atoms with van der Waals surface area (Å²) >= 11 is 1.79. The van der Waals surface area contributed by atoms with Crippen molar-refractivity contribution in [1.29, 1.82) is 0 Å². The molecule has 88 valence electrons. The molecule has 0 aliphatic heterocycles. The van der Waals surface area contributed by atoms with E-state index in [-0.39, 0.29) is 5.82 Å². The van der Waals surface area contributed by atoms with Gasteiger partial charge in [-0.2, -0.15) is 0 Å². The van der Waals surface area contributed by atoms with E-state index in [9.17, 15) is 9.50 Å². The minimum absolute atomic E-state index is 0.272. The van der Waals surface area contributed by atoms with Gasteiger partial charge in [0.1, 0.15) is 5.82 Å². The Balaban J connectivity index is 2.18. The minimum atomic E-state index is -0.598. The molecule has 1 fully saturated rings. The highest BCUT2D eigenvalue weighted by Crippen LogP contribution is 2.37. The Morgan fingerprint density at radius 1 is 1.38 bits per heavy atom.